The number of esters is 1. The quantitative estimate of drug-likeness (QED) is 0.797. The van der Waals surface area contributed by atoms with Crippen molar-refractivity contribution < 1.29 is 18.4 Å². The van der Waals surface area contributed by atoms with Crippen LogP contribution in [-0.2, 0) is 11.2 Å². The SMILES string of the molecule is CCCc1nc(-c2ccc(Cl)o2)oc1C(=O)OC. The van der Waals surface area contributed by atoms with E-state index in [0.29, 0.717) is 17.9 Å². The van der Waals surface area contributed by atoms with Gasteiger partial charge in [-0.25, -0.2) is 9.78 Å². The molecule has 0 unspecified atom stereocenters. The number of rotatable bonds is 4. The highest BCUT2D eigenvalue weighted by molar-refractivity contribution is 6.28. The minimum absolute atomic E-state index is 0.113. The van der Waals surface area contributed by atoms with Crippen molar-refractivity contribution >= 4 is 17.6 Å². The molecule has 5 nitrogen and oxygen atoms in total. The summed E-state index contributed by atoms with van der Waals surface area (Å²) in [4.78, 5) is 15.8. The van der Waals surface area contributed by atoms with Gasteiger partial charge in [0.05, 0.1) is 12.8 Å². The van der Waals surface area contributed by atoms with Crippen LogP contribution in [0.3, 0.4) is 0 Å². The van der Waals surface area contributed by atoms with Crippen molar-refractivity contribution in [2.45, 2.75) is 19.8 Å². The van der Waals surface area contributed by atoms with Crippen LogP contribution in [-0.4, -0.2) is 18.1 Å². The van der Waals surface area contributed by atoms with Crippen LogP contribution in [0.2, 0.25) is 5.22 Å². The van der Waals surface area contributed by atoms with E-state index in [2.05, 4.69) is 9.72 Å². The van der Waals surface area contributed by atoms with Gasteiger partial charge in [0.2, 0.25) is 5.76 Å². The average Bonchev–Trinajstić information content (AvgIpc) is 2.95. The highest BCUT2D eigenvalue weighted by atomic mass is 35.5. The number of nitrogens with zero attached hydrogens (tertiary/aromatic N) is 1. The Hall–Kier alpha value is -1.75. The highest BCUT2D eigenvalue weighted by Crippen LogP contribution is 2.27. The Labute approximate surface area is 109 Å². The first-order valence-electron chi connectivity index (χ1n) is 5.49. The van der Waals surface area contributed by atoms with Crippen LogP contribution in [0.15, 0.2) is 21.0 Å². The monoisotopic (exact) mass is 269 g/mol. The van der Waals surface area contributed by atoms with Crippen molar-refractivity contribution in [2.75, 3.05) is 7.11 Å². The number of hydrogen-bond acceptors (Lipinski definition) is 5. The molecule has 0 radical (unpaired) electrons. The van der Waals surface area contributed by atoms with Crippen LogP contribution in [0.1, 0.15) is 29.6 Å². The maximum absolute atomic E-state index is 11.5. The van der Waals surface area contributed by atoms with Gasteiger partial charge in [-0.15, -0.1) is 0 Å². The van der Waals surface area contributed by atoms with E-state index in [-0.39, 0.29) is 16.9 Å². The summed E-state index contributed by atoms with van der Waals surface area (Å²) >= 11 is 5.68. The standard InChI is InChI=1S/C12H12ClNO4/c1-3-4-7-10(12(15)16-2)18-11(14-7)8-5-6-9(13)17-8/h5-6H,3-4H2,1-2H3. The Kier molecular flexibility index (Phi) is 3.72. The molecule has 96 valence electrons. The second-order valence-corrected chi connectivity index (χ2v) is 4.01. The first kappa shape index (κ1) is 12.7. The largest absolute Gasteiger partial charge is 0.463 e. The van der Waals surface area contributed by atoms with E-state index in [0.717, 1.165) is 6.42 Å². The zero-order valence-corrected chi connectivity index (χ0v) is 10.8. The third kappa shape index (κ3) is 2.41. The molecule has 0 N–H and O–H groups in total. The summed E-state index contributed by atoms with van der Waals surface area (Å²) < 4.78 is 15.2. The number of furan rings is 1. The van der Waals surface area contributed by atoms with E-state index >= 15 is 0 Å². The number of methoxy groups -OCH3 is 1. The molecule has 0 aliphatic heterocycles. The average molecular weight is 270 g/mol. The molecule has 0 spiro atoms. The molecule has 0 saturated carbocycles. The fourth-order valence-corrected chi connectivity index (χ4v) is 1.69. The van der Waals surface area contributed by atoms with Gasteiger partial charge in [-0.2, -0.15) is 0 Å². The Morgan fingerprint density at radius 2 is 2.22 bits per heavy atom. The highest BCUT2D eigenvalue weighted by Gasteiger charge is 2.22. The van der Waals surface area contributed by atoms with Gasteiger partial charge in [0.25, 0.3) is 5.89 Å². The van der Waals surface area contributed by atoms with Gasteiger partial charge in [-0.3, -0.25) is 0 Å². The fourth-order valence-electron chi connectivity index (χ4n) is 1.54. The molecule has 0 fully saturated rings. The van der Waals surface area contributed by atoms with Crippen molar-refractivity contribution in [1.82, 2.24) is 4.98 Å². The van der Waals surface area contributed by atoms with Crippen LogP contribution in [0.5, 0.6) is 0 Å². The predicted octanol–water partition coefficient (Wildman–Crippen LogP) is 3.33. The number of aromatic nitrogens is 1. The van der Waals surface area contributed by atoms with Crippen LogP contribution in [0.4, 0.5) is 0 Å². The summed E-state index contributed by atoms with van der Waals surface area (Å²) in [5, 5.41) is 0.236. The summed E-state index contributed by atoms with van der Waals surface area (Å²) in [6, 6.07) is 3.21. The Morgan fingerprint density at radius 3 is 2.78 bits per heavy atom. The Balaban J connectivity index is 2.41. The van der Waals surface area contributed by atoms with E-state index < -0.39 is 5.97 Å². The number of oxazole rings is 1. The smallest absolute Gasteiger partial charge is 0.376 e. The first-order chi connectivity index (χ1) is 8.65. The lowest BCUT2D eigenvalue weighted by atomic mass is 10.2. The third-order valence-electron chi connectivity index (χ3n) is 2.34. The topological polar surface area (TPSA) is 65.5 Å². The lowest BCUT2D eigenvalue weighted by molar-refractivity contribution is 0.0564. The molecule has 18 heavy (non-hydrogen) atoms. The van der Waals surface area contributed by atoms with E-state index in [4.69, 9.17) is 20.4 Å². The Bertz CT molecular complexity index is 558. The minimum Gasteiger partial charge on any atom is -0.463 e. The van der Waals surface area contributed by atoms with Gasteiger partial charge in [0.1, 0.15) is 0 Å². The first-order valence-corrected chi connectivity index (χ1v) is 5.87. The molecule has 0 bridgehead atoms. The lowest BCUT2D eigenvalue weighted by Crippen LogP contribution is -2.03. The van der Waals surface area contributed by atoms with Crippen molar-refractivity contribution in [3.63, 3.8) is 0 Å². The molecule has 6 heteroatoms. The number of hydrogen-bond donors (Lipinski definition) is 0. The third-order valence-corrected chi connectivity index (χ3v) is 2.54. The Morgan fingerprint density at radius 1 is 1.44 bits per heavy atom. The van der Waals surface area contributed by atoms with Gasteiger partial charge in [-0.1, -0.05) is 13.3 Å². The van der Waals surface area contributed by atoms with Crippen molar-refractivity contribution in [2.24, 2.45) is 0 Å². The molecule has 0 aromatic carbocycles. The molecular formula is C12H12ClNO4. The maximum Gasteiger partial charge on any atom is 0.376 e. The number of halogens is 1. The summed E-state index contributed by atoms with van der Waals surface area (Å²) in [5.41, 5.74) is 0.562. The molecule has 0 atom stereocenters. The molecule has 2 aromatic rings. The van der Waals surface area contributed by atoms with E-state index in [1.54, 1.807) is 12.1 Å². The summed E-state index contributed by atoms with van der Waals surface area (Å²) in [6.45, 7) is 1.99. The van der Waals surface area contributed by atoms with Crippen molar-refractivity contribution in [1.29, 1.82) is 0 Å². The number of aryl methyl sites for hydroxylation is 1. The second-order valence-electron chi connectivity index (χ2n) is 3.64. The van der Waals surface area contributed by atoms with Gasteiger partial charge < -0.3 is 13.6 Å². The zero-order chi connectivity index (χ0) is 13.1. The van der Waals surface area contributed by atoms with E-state index in [9.17, 15) is 4.79 Å². The molecule has 0 amide bonds. The van der Waals surface area contributed by atoms with Crippen LogP contribution in [0.25, 0.3) is 11.7 Å². The van der Waals surface area contributed by atoms with Gasteiger partial charge in [0, 0.05) is 0 Å². The zero-order valence-electron chi connectivity index (χ0n) is 10.0. The fraction of sp³-hybridized carbons (Fsp3) is 0.333. The minimum atomic E-state index is -0.546. The second kappa shape index (κ2) is 5.27. The van der Waals surface area contributed by atoms with Gasteiger partial charge >= 0.3 is 5.97 Å². The molecule has 0 aliphatic carbocycles. The van der Waals surface area contributed by atoms with Crippen LogP contribution < -0.4 is 0 Å². The number of carbonyl (C=O) groups excluding carboxylic acids is 1. The molecule has 0 aliphatic rings. The summed E-state index contributed by atoms with van der Waals surface area (Å²) in [5.74, 6) is 0.176. The molecule has 0 saturated heterocycles. The molecule has 2 aromatic heterocycles. The van der Waals surface area contributed by atoms with Crippen molar-refractivity contribution in [3.05, 3.63) is 28.8 Å². The van der Waals surface area contributed by atoms with E-state index in [1.165, 1.54) is 7.11 Å². The van der Waals surface area contributed by atoms with Crippen molar-refractivity contribution in [3.8, 4) is 11.7 Å². The molecule has 2 rings (SSSR count). The lowest BCUT2D eigenvalue weighted by Gasteiger charge is -1.95. The van der Waals surface area contributed by atoms with Gasteiger partial charge in [0.15, 0.2) is 11.0 Å². The summed E-state index contributed by atoms with van der Waals surface area (Å²) in [6.07, 6.45) is 1.47. The molecule has 2 heterocycles. The van der Waals surface area contributed by atoms with E-state index in [1.807, 2.05) is 6.92 Å². The normalized spacial score (nSPS) is 10.6. The van der Waals surface area contributed by atoms with Crippen LogP contribution >= 0.6 is 11.6 Å². The maximum atomic E-state index is 11.5. The predicted molar refractivity (Wildman–Crippen MR) is 64.5 cm³/mol. The number of ether oxygens (including phenoxy) is 1. The molecular weight excluding hydrogens is 258 g/mol. The van der Waals surface area contributed by atoms with Crippen LogP contribution in [0, 0.1) is 0 Å². The van der Waals surface area contributed by atoms with Gasteiger partial charge in [-0.05, 0) is 30.2 Å². The summed E-state index contributed by atoms with van der Waals surface area (Å²) in [7, 11) is 1.30. The number of carbonyl (C=O) groups is 1.